The zero-order chi connectivity index (χ0) is 25.1. The highest BCUT2D eigenvalue weighted by Crippen LogP contribution is 2.33. The molecule has 0 radical (unpaired) electrons. The second-order valence-corrected chi connectivity index (χ2v) is 10.0. The van der Waals surface area contributed by atoms with E-state index in [4.69, 9.17) is 4.74 Å². The van der Waals surface area contributed by atoms with Crippen molar-refractivity contribution >= 4 is 33.4 Å². The Morgan fingerprint density at radius 2 is 1.86 bits per heavy atom. The lowest BCUT2D eigenvalue weighted by Crippen LogP contribution is -2.23. The van der Waals surface area contributed by atoms with Gasteiger partial charge in [0.1, 0.15) is 10.7 Å². The number of rotatable bonds is 7. The number of fused-ring (bicyclic) bond motifs is 3. The van der Waals surface area contributed by atoms with Crippen LogP contribution in [0, 0.1) is 0 Å². The van der Waals surface area contributed by atoms with Crippen LogP contribution in [0.5, 0.6) is 0 Å². The van der Waals surface area contributed by atoms with E-state index >= 15 is 0 Å². The zero-order valence-electron chi connectivity index (χ0n) is 20.1. The number of nitrogens with one attached hydrogen (secondary N) is 2. The maximum Gasteiger partial charge on any atom is 0.337 e. The predicted octanol–water partition coefficient (Wildman–Crippen LogP) is 4.57. The Hall–Kier alpha value is -3.78. The molecule has 0 spiro atoms. The van der Waals surface area contributed by atoms with Crippen LogP contribution in [0.1, 0.15) is 51.4 Å². The summed E-state index contributed by atoms with van der Waals surface area (Å²) >= 11 is 1.62. The molecule has 2 aromatic heterocycles. The van der Waals surface area contributed by atoms with E-state index in [-0.39, 0.29) is 23.9 Å². The lowest BCUT2D eigenvalue weighted by atomic mass is 9.97. The number of amides is 1. The van der Waals surface area contributed by atoms with Crippen LogP contribution in [0.15, 0.2) is 53.3 Å². The van der Waals surface area contributed by atoms with Gasteiger partial charge in [0.2, 0.25) is 5.91 Å². The molecule has 2 aromatic carbocycles. The number of thiophene rings is 1. The lowest BCUT2D eigenvalue weighted by molar-refractivity contribution is -0.121. The molecule has 7 nitrogen and oxygen atoms in total. The van der Waals surface area contributed by atoms with E-state index in [0.29, 0.717) is 24.4 Å². The van der Waals surface area contributed by atoms with E-state index in [1.54, 1.807) is 23.5 Å². The Kier molecular flexibility index (Phi) is 6.95. The average molecular weight is 502 g/mol. The fourth-order valence-electron chi connectivity index (χ4n) is 4.65. The van der Waals surface area contributed by atoms with Gasteiger partial charge in [-0.05, 0) is 66.1 Å². The van der Waals surface area contributed by atoms with Gasteiger partial charge < -0.3 is 15.0 Å². The Labute approximate surface area is 212 Å². The van der Waals surface area contributed by atoms with E-state index in [1.807, 2.05) is 36.4 Å². The van der Waals surface area contributed by atoms with Gasteiger partial charge in [-0.1, -0.05) is 30.3 Å². The monoisotopic (exact) mass is 501 g/mol. The number of carbonyl (C=O) groups excluding carboxylic acids is 2. The number of carbonyl (C=O) groups is 2. The SMILES string of the molecule is COC(=O)c1cccc(-c2cccc(CNC(=O)CCc3nc4sc5c(c4c(=O)[nH]3)CCCC5)c2)c1. The van der Waals surface area contributed by atoms with Crippen molar-refractivity contribution in [1.29, 1.82) is 0 Å². The third-order valence-electron chi connectivity index (χ3n) is 6.50. The molecule has 0 unspecified atom stereocenters. The molecule has 0 fully saturated rings. The highest BCUT2D eigenvalue weighted by molar-refractivity contribution is 7.18. The number of aryl methyl sites for hydroxylation is 3. The summed E-state index contributed by atoms with van der Waals surface area (Å²) in [7, 11) is 1.36. The number of hydrogen-bond acceptors (Lipinski definition) is 6. The fourth-order valence-corrected chi connectivity index (χ4v) is 5.93. The van der Waals surface area contributed by atoms with Gasteiger partial charge in [-0.3, -0.25) is 9.59 Å². The summed E-state index contributed by atoms with van der Waals surface area (Å²) in [6.07, 6.45) is 4.85. The van der Waals surface area contributed by atoms with E-state index in [0.717, 1.165) is 52.6 Å². The van der Waals surface area contributed by atoms with Gasteiger partial charge in [0, 0.05) is 24.3 Å². The molecule has 184 valence electrons. The number of ether oxygens (including phenoxy) is 1. The minimum absolute atomic E-state index is 0.0945. The van der Waals surface area contributed by atoms with Crippen molar-refractivity contribution in [2.45, 2.75) is 45.1 Å². The Bertz CT molecular complexity index is 1500. The molecule has 0 bridgehead atoms. The van der Waals surface area contributed by atoms with Gasteiger partial charge in [-0.25, -0.2) is 9.78 Å². The number of aromatic amines is 1. The molecule has 1 aliphatic carbocycles. The average Bonchev–Trinajstić information content (AvgIpc) is 3.29. The molecule has 1 aliphatic rings. The fraction of sp³-hybridized carbons (Fsp3) is 0.286. The molecule has 8 heteroatoms. The normalized spacial score (nSPS) is 12.8. The Balaban J connectivity index is 1.21. The van der Waals surface area contributed by atoms with Crippen LogP contribution in [0.3, 0.4) is 0 Å². The third kappa shape index (κ3) is 5.09. The van der Waals surface area contributed by atoms with Gasteiger partial charge in [0.05, 0.1) is 18.1 Å². The van der Waals surface area contributed by atoms with Crippen LogP contribution < -0.4 is 10.9 Å². The zero-order valence-corrected chi connectivity index (χ0v) is 20.9. The Morgan fingerprint density at radius 3 is 2.69 bits per heavy atom. The number of esters is 1. The molecule has 5 rings (SSSR count). The largest absolute Gasteiger partial charge is 0.465 e. The quantitative estimate of drug-likeness (QED) is 0.362. The first-order chi connectivity index (χ1) is 17.5. The van der Waals surface area contributed by atoms with Crippen molar-refractivity contribution in [2.75, 3.05) is 7.11 Å². The molecule has 2 heterocycles. The number of methoxy groups -OCH3 is 1. The van der Waals surface area contributed by atoms with E-state index in [1.165, 1.54) is 17.6 Å². The molecular weight excluding hydrogens is 474 g/mol. The van der Waals surface area contributed by atoms with Crippen molar-refractivity contribution in [1.82, 2.24) is 15.3 Å². The van der Waals surface area contributed by atoms with Crippen molar-refractivity contribution in [3.63, 3.8) is 0 Å². The number of aromatic nitrogens is 2. The molecule has 2 N–H and O–H groups in total. The summed E-state index contributed by atoms with van der Waals surface area (Å²) in [5, 5.41) is 3.68. The molecule has 0 saturated heterocycles. The second-order valence-electron chi connectivity index (χ2n) is 8.95. The van der Waals surface area contributed by atoms with Crippen molar-refractivity contribution in [3.05, 3.63) is 86.3 Å². The van der Waals surface area contributed by atoms with Gasteiger partial charge in [0.25, 0.3) is 5.56 Å². The van der Waals surface area contributed by atoms with Gasteiger partial charge in [-0.15, -0.1) is 11.3 Å². The first kappa shape index (κ1) is 23.9. The van der Waals surface area contributed by atoms with Crippen molar-refractivity contribution in [2.24, 2.45) is 0 Å². The number of H-pyrrole nitrogens is 1. The number of nitrogens with zero attached hydrogens (tertiary/aromatic N) is 1. The number of benzene rings is 2. The summed E-state index contributed by atoms with van der Waals surface area (Å²) in [5.41, 5.74) is 4.34. The number of hydrogen-bond donors (Lipinski definition) is 2. The summed E-state index contributed by atoms with van der Waals surface area (Å²) in [6.45, 7) is 0.379. The maximum absolute atomic E-state index is 12.7. The van der Waals surface area contributed by atoms with E-state index < -0.39 is 0 Å². The molecule has 0 saturated carbocycles. The molecular formula is C28H27N3O4S. The van der Waals surface area contributed by atoms with Crippen LogP contribution in [0.4, 0.5) is 0 Å². The lowest BCUT2D eigenvalue weighted by Gasteiger charge is -2.09. The van der Waals surface area contributed by atoms with Crippen LogP contribution in [0.2, 0.25) is 0 Å². The third-order valence-corrected chi connectivity index (χ3v) is 7.68. The van der Waals surface area contributed by atoms with Gasteiger partial charge in [-0.2, -0.15) is 0 Å². The van der Waals surface area contributed by atoms with Gasteiger partial charge in [0.15, 0.2) is 0 Å². The maximum atomic E-state index is 12.7. The van der Waals surface area contributed by atoms with Crippen LogP contribution in [-0.4, -0.2) is 29.0 Å². The minimum Gasteiger partial charge on any atom is -0.465 e. The van der Waals surface area contributed by atoms with Crippen LogP contribution >= 0.6 is 11.3 Å². The van der Waals surface area contributed by atoms with Crippen molar-refractivity contribution < 1.29 is 14.3 Å². The topological polar surface area (TPSA) is 101 Å². The van der Waals surface area contributed by atoms with Crippen molar-refractivity contribution in [3.8, 4) is 11.1 Å². The molecule has 0 atom stereocenters. The molecule has 4 aromatic rings. The Morgan fingerprint density at radius 1 is 1.08 bits per heavy atom. The highest BCUT2D eigenvalue weighted by Gasteiger charge is 2.20. The van der Waals surface area contributed by atoms with Gasteiger partial charge >= 0.3 is 5.97 Å². The van der Waals surface area contributed by atoms with E-state index in [2.05, 4.69) is 15.3 Å². The first-order valence-electron chi connectivity index (χ1n) is 12.1. The predicted molar refractivity (Wildman–Crippen MR) is 140 cm³/mol. The smallest absolute Gasteiger partial charge is 0.337 e. The van der Waals surface area contributed by atoms with E-state index in [9.17, 15) is 14.4 Å². The summed E-state index contributed by atoms with van der Waals surface area (Å²) in [5.74, 6) is 0.0592. The standard InChI is InChI=1S/C28H27N3O4S/c1-35-28(34)20-9-5-8-19(15-20)18-7-4-6-17(14-18)16-29-24(32)13-12-23-30-26(33)25-21-10-2-3-11-22(21)36-27(25)31-23/h4-9,14-15H,2-3,10-13,16H2,1H3,(H,29,32)(H,30,31,33). The summed E-state index contributed by atoms with van der Waals surface area (Å²) < 4.78 is 4.81. The minimum atomic E-state index is -0.381. The van der Waals surface area contributed by atoms with Crippen LogP contribution in [-0.2, 0) is 35.3 Å². The first-order valence-corrected chi connectivity index (χ1v) is 12.9. The molecule has 36 heavy (non-hydrogen) atoms. The summed E-state index contributed by atoms with van der Waals surface area (Å²) in [6, 6.07) is 15.1. The van der Waals surface area contributed by atoms with Crippen LogP contribution in [0.25, 0.3) is 21.3 Å². The second kappa shape index (κ2) is 10.5. The molecule has 0 aliphatic heterocycles. The summed E-state index contributed by atoms with van der Waals surface area (Å²) in [4.78, 5) is 46.7. The molecule has 1 amide bonds. The highest BCUT2D eigenvalue weighted by atomic mass is 32.1.